The highest BCUT2D eigenvalue weighted by Crippen LogP contribution is 2.25. The lowest BCUT2D eigenvalue weighted by Gasteiger charge is -2.01. The summed E-state index contributed by atoms with van der Waals surface area (Å²) >= 11 is 3.66. The zero-order chi connectivity index (χ0) is 13.2. The van der Waals surface area contributed by atoms with Crippen molar-refractivity contribution in [1.82, 2.24) is 4.98 Å². The normalized spacial score (nSPS) is 10.6. The molecule has 0 aliphatic carbocycles. The van der Waals surface area contributed by atoms with Crippen molar-refractivity contribution >= 4 is 55.7 Å². The zero-order valence-electron chi connectivity index (χ0n) is 9.76. The van der Waals surface area contributed by atoms with Crippen LogP contribution in [0.5, 0.6) is 0 Å². The number of benzene rings is 1. The molecule has 1 N–H and O–H groups in total. The Morgan fingerprint density at radius 3 is 2.79 bits per heavy atom. The maximum Gasteiger partial charge on any atom is 0.266 e. The molecule has 3 aromatic rings. The molecule has 1 aromatic carbocycles. The fraction of sp³-hybridized carbons (Fsp3) is 0. The topological polar surface area (TPSA) is 42.0 Å². The smallest absolute Gasteiger partial charge is 0.266 e. The van der Waals surface area contributed by atoms with E-state index in [1.807, 2.05) is 36.4 Å². The van der Waals surface area contributed by atoms with Crippen LogP contribution >= 0.6 is 33.9 Å². The number of carbonyl (C=O) groups excluding carboxylic acids is 1. The van der Waals surface area contributed by atoms with Crippen molar-refractivity contribution in [3.63, 3.8) is 0 Å². The summed E-state index contributed by atoms with van der Waals surface area (Å²) in [5, 5.41) is 3.89. The van der Waals surface area contributed by atoms with Crippen LogP contribution < -0.4 is 5.32 Å². The standard InChI is InChI=1S/C14H9IN2OS/c15-10-5-6-13(16-8-10)17-14(18)12-7-9-3-1-2-4-11(9)19-12/h1-8H,(H,16,17,18). The molecule has 0 fully saturated rings. The van der Waals surface area contributed by atoms with Gasteiger partial charge in [-0.1, -0.05) is 18.2 Å². The predicted octanol–water partition coefficient (Wildman–Crippen LogP) is 4.15. The Morgan fingerprint density at radius 1 is 1.21 bits per heavy atom. The molecule has 19 heavy (non-hydrogen) atoms. The Labute approximate surface area is 127 Å². The molecule has 0 atom stereocenters. The molecule has 0 bridgehead atoms. The number of rotatable bonds is 2. The molecule has 2 aromatic heterocycles. The van der Waals surface area contributed by atoms with Crippen LogP contribution in [0.25, 0.3) is 10.1 Å². The van der Waals surface area contributed by atoms with E-state index in [9.17, 15) is 4.79 Å². The van der Waals surface area contributed by atoms with E-state index in [1.54, 1.807) is 12.3 Å². The van der Waals surface area contributed by atoms with E-state index < -0.39 is 0 Å². The average Bonchev–Trinajstić information content (AvgIpc) is 2.85. The van der Waals surface area contributed by atoms with Gasteiger partial charge in [-0.15, -0.1) is 11.3 Å². The minimum Gasteiger partial charge on any atom is -0.306 e. The van der Waals surface area contributed by atoms with Crippen LogP contribution in [0.2, 0.25) is 0 Å². The van der Waals surface area contributed by atoms with Crippen molar-refractivity contribution in [2.45, 2.75) is 0 Å². The number of carbonyl (C=O) groups is 1. The van der Waals surface area contributed by atoms with E-state index in [0.29, 0.717) is 10.7 Å². The molecule has 1 amide bonds. The number of amides is 1. The molecule has 0 aliphatic rings. The minimum atomic E-state index is -0.116. The van der Waals surface area contributed by atoms with Crippen molar-refractivity contribution in [1.29, 1.82) is 0 Å². The molecule has 3 nitrogen and oxygen atoms in total. The van der Waals surface area contributed by atoms with Gasteiger partial charge in [-0.25, -0.2) is 4.98 Å². The summed E-state index contributed by atoms with van der Waals surface area (Å²) in [6, 6.07) is 13.6. The van der Waals surface area contributed by atoms with Crippen LogP contribution in [0.15, 0.2) is 48.7 Å². The van der Waals surface area contributed by atoms with Gasteiger partial charge in [0.1, 0.15) is 5.82 Å². The minimum absolute atomic E-state index is 0.116. The fourth-order valence-electron chi connectivity index (χ4n) is 1.72. The van der Waals surface area contributed by atoms with Crippen LogP contribution in [0.3, 0.4) is 0 Å². The van der Waals surface area contributed by atoms with Gasteiger partial charge in [0.2, 0.25) is 0 Å². The highest BCUT2D eigenvalue weighted by Gasteiger charge is 2.10. The molecule has 94 valence electrons. The molecule has 0 unspecified atom stereocenters. The van der Waals surface area contributed by atoms with Crippen LogP contribution in [-0.4, -0.2) is 10.9 Å². The maximum absolute atomic E-state index is 12.1. The monoisotopic (exact) mass is 380 g/mol. The first-order valence-electron chi connectivity index (χ1n) is 5.64. The van der Waals surface area contributed by atoms with Crippen molar-refractivity contribution < 1.29 is 4.79 Å². The SMILES string of the molecule is O=C(Nc1ccc(I)cn1)c1cc2ccccc2s1. The summed E-state index contributed by atoms with van der Waals surface area (Å²) in [5.41, 5.74) is 0. The summed E-state index contributed by atoms with van der Waals surface area (Å²) in [5.74, 6) is 0.456. The van der Waals surface area contributed by atoms with Gasteiger partial charge in [0.25, 0.3) is 5.91 Å². The number of fused-ring (bicyclic) bond motifs is 1. The van der Waals surface area contributed by atoms with E-state index in [2.05, 4.69) is 32.9 Å². The van der Waals surface area contributed by atoms with E-state index in [0.717, 1.165) is 13.7 Å². The number of nitrogens with one attached hydrogen (secondary N) is 1. The Bertz CT molecular complexity index is 704. The maximum atomic E-state index is 12.1. The predicted molar refractivity (Wildman–Crippen MR) is 86.7 cm³/mol. The number of thiophene rings is 1. The Hall–Kier alpha value is -1.47. The van der Waals surface area contributed by atoms with E-state index in [1.165, 1.54) is 11.3 Å². The van der Waals surface area contributed by atoms with Gasteiger partial charge in [-0.2, -0.15) is 0 Å². The number of anilines is 1. The fourth-order valence-corrected chi connectivity index (χ4v) is 3.00. The summed E-state index contributed by atoms with van der Waals surface area (Å²) in [6.45, 7) is 0. The third-order valence-electron chi connectivity index (χ3n) is 2.62. The van der Waals surface area contributed by atoms with Gasteiger partial charge in [0.15, 0.2) is 0 Å². The highest BCUT2D eigenvalue weighted by atomic mass is 127. The summed E-state index contributed by atoms with van der Waals surface area (Å²) in [6.07, 6.45) is 1.72. The van der Waals surface area contributed by atoms with Crippen molar-refractivity contribution in [2.75, 3.05) is 5.32 Å². The summed E-state index contributed by atoms with van der Waals surface area (Å²) in [7, 11) is 0. The van der Waals surface area contributed by atoms with Crippen molar-refractivity contribution in [3.8, 4) is 0 Å². The number of hydrogen-bond acceptors (Lipinski definition) is 3. The zero-order valence-corrected chi connectivity index (χ0v) is 12.7. The van der Waals surface area contributed by atoms with E-state index in [-0.39, 0.29) is 5.91 Å². The third kappa shape index (κ3) is 2.76. The Balaban J connectivity index is 1.85. The lowest BCUT2D eigenvalue weighted by atomic mass is 10.2. The first-order chi connectivity index (χ1) is 9.22. The molecule has 2 heterocycles. The van der Waals surface area contributed by atoms with E-state index >= 15 is 0 Å². The second-order valence-corrected chi connectivity index (χ2v) is 6.29. The Morgan fingerprint density at radius 2 is 2.05 bits per heavy atom. The first-order valence-corrected chi connectivity index (χ1v) is 7.53. The quantitative estimate of drug-likeness (QED) is 0.679. The molecular formula is C14H9IN2OS. The number of nitrogens with zero attached hydrogens (tertiary/aromatic N) is 1. The number of halogens is 1. The second-order valence-electron chi connectivity index (χ2n) is 3.96. The number of hydrogen-bond donors (Lipinski definition) is 1. The van der Waals surface area contributed by atoms with Gasteiger partial charge >= 0.3 is 0 Å². The molecule has 0 radical (unpaired) electrons. The number of pyridine rings is 1. The van der Waals surface area contributed by atoms with Crippen LogP contribution in [0, 0.1) is 3.57 Å². The highest BCUT2D eigenvalue weighted by molar-refractivity contribution is 14.1. The molecule has 0 saturated carbocycles. The summed E-state index contributed by atoms with van der Waals surface area (Å²) in [4.78, 5) is 17.0. The van der Waals surface area contributed by atoms with Gasteiger partial charge in [0.05, 0.1) is 4.88 Å². The third-order valence-corrected chi connectivity index (χ3v) is 4.37. The van der Waals surface area contributed by atoms with Crippen LogP contribution in [0.1, 0.15) is 9.67 Å². The average molecular weight is 380 g/mol. The molecule has 5 heteroatoms. The Kier molecular flexibility index (Phi) is 3.48. The second kappa shape index (κ2) is 5.26. The van der Waals surface area contributed by atoms with Crippen molar-refractivity contribution in [3.05, 3.63) is 57.1 Å². The summed E-state index contributed by atoms with van der Waals surface area (Å²) < 4.78 is 2.15. The van der Waals surface area contributed by atoms with Crippen LogP contribution in [-0.2, 0) is 0 Å². The molecule has 0 saturated heterocycles. The van der Waals surface area contributed by atoms with Gasteiger partial charge in [0, 0.05) is 14.5 Å². The number of aromatic nitrogens is 1. The first kappa shape index (κ1) is 12.6. The largest absolute Gasteiger partial charge is 0.306 e. The molecule has 0 spiro atoms. The molecule has 0 aliphatic heterocycles. The lowest BCUT2D eigenvalue weighted by Crippen LogP contribution is -2.11. The molecule has 3 rings (SSSR count). The lowest BCUT2D eigenvalue weighted by molar-refractivity contribution is 0.103. The van der Waals surface area contributed by atoms with Crippen LogP contribution in [0.4, 0.5) is 5.82 Å². The van der Waals surface area contributed by atoms with E-state index in [4.69, 9.17) is 0 Å². The van der Waals surface area contributed by atoms with Gasteiger partial charge in [-0.3, -0.25) is 4.79 Å². The molecular weight excluding hydrogens is 371 g/mol. The van der Waals surface area contributed by atoms with Gasteiger partial charge in [-0.05, 0) is 52.2 Å². The van der Waals surface area contributed by atoms with Crippen molar-refractivity contribution in [2.24, 2.45) is 0 Å². The van der Waals surface area contributed by atoms with Gasteiger partial charge < -0.3 is 5.32 Å².